The number of aromatic nitrogens is 5. The first-order valence-electron chi connectivity index (χ1n) is 6.70. The molecule has 0 aliphatic rings. The topological polar surface area (TPSA) is 108 Å². The second-order valence-electron chi connectivity index (χ2n) is 5.09. The normalized spacial score (nSPS) is 11.8. The second-order valence-corrected chi connectivity index (χ2v) is 7.06. The summed E-state index contributed by atoms with van der Waals surface area (Å²) >= 11 is 5.77. The molecule has 0 unspecified atom stereocenters. The molecule has 3 rings (SSSR count). The number of rotatable bonds is 4. The van der Waals surface area contributed by atoms with Gasteiger partial charge < -0.3 is 8.75 Å². The lowest BCUT2D eigenvalue weighted by atomic mass is 10.3. The smallest absolute Gasteiger partial charge is 0.342 e. The Morgan fingerprint density at radius 2 is 2.08 bits per heavy atom. The maximum absolute atomic E-state index is 12.0. The largest absolute Gasteiger partial charge is 0.353 e. The van der Waals surface area contributed by atoms with Gasteiger partial charge in [-0.1, -0.05) is 17.7 Å². The molecule has 24 heavy (non-hydrogen) atoms. The summed E-state index contributed by atoms with van der Waals surface area (Å²) in [5.74, 6) is 0.161. The summed E-state index contributed by atoms with van der Waals surface area (Å²) in [5.41, 5.74) is 1.01. The van der Waals surface area contributed by atoms with Crippen molar-refractivity contribution in [1.29, 1.82) is 0 Å². The van der Waals surface area contributed by atoms with Gasteiger partial charge in [-0.05, 0) is 18.6 Å². The van der Waals surface area contributed by atoms with E-state index in [1.807, 2.05) is 0 Å². The highest BCUT2D eigenvalue weighted by molar-refractivity contribution is 7.86. The molecule has 0 radical (unpaired) electrons. The van der Waals surface area contributed by atoms with Gasteiger partial charge >= 0.3 is 16.1 Å². The first-order chi connectivity index (χ1) is 11.2. The van der Waals surface area contributed by atoms with Crippen LogP contribution in [-0.2, 0) is 16.7 Å². The van der Waals surface area contributed by atoms with Crippen LogP contribution in [0.1, 0.15) is 11.3 Å². The van der Waals surface area contributed by atoms with Gasteiger partial charge in [0.2, 0.25) is 5.78 Å². The van der Waals surface area contributed by atoms with Crippen molar-refractivity contribution in [2.75, 3.05) is 6.26 Å². The Morgan fingerprint density at radius 3 is 2.71 bits per heavy atom. The van der Waals surface area contributed by atoms with Crippen molar-refractivity contribution in [3.8, 4) is 6.01 Å². The Morgan fingerprint density at radius 1 is 1.33 bits per heavy atom. The first kappa shape index (κ1) is 16.4. The molecule has 0 bridgehead atoms. The van der Waals surface area contributed by atoms with Crippen LogP contribution in [0.25, 0.3) is 5.78 Å². The second kappa shape index (κ2) is 5.87. The fourth-order valence-corrected chi connectivity index (χ4v) is 2.59. The molecule has 0 saturated carbocycles. The minimum Gasteiger partial charge on any atom is -0.342 e. The molecular formula is C13H12ClN5O4S. The summed E-state index contributed by atoms with van der Waals surface area (Å²) in [4.78, 5) is 20.0. The zero-order chi connectivity index (χ0) is 17.5. The van der Waals surface area contributed by atoms with Crippen LogP contribution in [0.5, 0.6) is 6.01 Å². The van der Waals surface area contributed by atoms with Crippen LogP contribution in [0.15, 0.2) is 29.2 Å². The van der Waals surface area contributed by atoms with E-state index in [1.54, 1.807) is 29.8 Å². The third-order valence-electron chi connectivity index (χ3n) is 3.13. The number of aryl methyl sites for hydroxylation is 1. The Labute approximate surface area is 141 Å². The van der Waals surface area contributed by atoms with Crippen LogP contribution in [0, 0.1) is 6.92 Å². The van der Waals surface area contributed by atoms with Crippen molar-refractivity contribution in [2.24, 2.45) is 0 Å². The maximum Gasteiger partial charge on any atom is 0.353 e. The van der Waals surface area contributed by atoms with Gasteiger partial charge in [0.1, 0.15) is 5.15 Å². The summed E-state index contributed by atoms with van der Waals surface area (Å²) in [6.45, 7) is 2.08. The molecule has 0 aliphatic carbocycles. The molecule has 0 aliphatic heterocycles. The summed E-state index contributed by atoms with van der Waals surface area (Å²) in [6.07, 6.45) is 2.47. The number of nitrogens with zero attached hydrogens (tertiary/aromatic N) is 5. The van der Waals surface area contributed by atoms with E-state index in [2.05, 4.69) is 19.2 Å². The van der Waals surface area contributed by atoms with Crippen LogP contribution in [0.2, 0.25) is 5.15 Å². The summed E-state index contributed by atoms with van der Waals surface area (Å²) in [7, 11) is -3.80. The standard InChI is InChI=1S/C13H12ClN5O4S/c1-8-5-11(20)19-13(16-12(17-19)23-24(2,21)22)18(8)7-9-3-4-10(14)15-6-9/h3-6H,7H2,1-2H3. The molecule has 9 nitrogen and oxygen atoms in total. The Kier molecular flexibility index (Phi) is 4.01. The highest BCUT2D eigenvalue weighted by Crippen LogP contribution is 2.13. The van der Waals surface area contributed by atoms with Crippen molar-refractivity contribution >= 4 is 27.5 Å². The molecule has 0 amide bonds. The fourth-order valence-electron chi connectivity index (χ4n) is 2.13. The third kappa shape index (κ3) is 3.39. The quantitative estimate of drug-likeness (QED) is 0.490. The lowest BCUT2D eigenvalue weighted by Gasteiger charge is -2.11. The lowest BCUT2D eigenvalue weighted by Crippen LogP contribution is -2.20. The van der Waals surface area contributed by atoms with Gasteiger partial charge in [0.05, 0.1) is 12.8 Å². The fraction of sp³-hybridized carbons (Fsp3) is 0.231. The molecule has 0 aromatic carbocycles. The SMILES string of the molecule is Cc1cc(=O)n2nc(OS(C)(=O)=O)nc2n1Cc1ccc(Cl)nc1. The average Bonchev–Trinajstić information content (AvgIpc) is 2.87. The number of hydrogen-bond acceptors (Lipinski definition) is 7. The lowest BCUT2D eigenvalue weighted by molar-refractivity contribution is 0.470. The van der Waals surface area contributed by atoms with E-state index in [4.69, 9.17) is 11.6 Å². The molecule has 0 fully saturated rings. The van der Waals surface area contributed by atoms with Crippen LogP contribution >= 0.6 is 11.6 Å². The van der Waals surface area contributed by atoms with Gasteiger partial charge in [-0.25, -0.2) is 4.98 Å². The molecule has 126 valence electrons. The zero-order valence-corrected chi connectivity index (χ0v) is 14.2. The number of pyridine rings is 1. The number of halogens is 1. The van der Waals surface area contributed by atoms with Crippen molar-refractivity contribution in [2.45, 2.75) is 13.5 Å². The van der Waals surface area contributed by atoms with E-state index in [-0.39, 0.29) is 5.78 Å². The van der Waals surface area contributed by atoms with Gasteiger partial charge in [-0.3, -0.25) is 4.79 Å². The first-order valence-corrected chi connectivity index (χ1v) is 8.89. The monoisotopic (exact) mass is 369 g/mol. The zero-order valence-electron chi connectivity index (χ0n) is 12.7. The van der Waals surface area contributed by atoms with Crippen molar-refractivity contribution < 1.29 is 12.6 Å². The van der Waals surface area contributed by atoms with Crippen molar-refractivity contribution in [3.05, 3.63) is 51.2 Å². The van der Waals surface area contributed by atoms with Gasteiger partial charge in [-0.15, -0.1) is 5.10 Å². The Bertz CT molecular complexity index is 1070. The summed E-state index contributed by atoms with van der Waals surface area (Å²) in [6, 6.07) is 4.39. The van der Waals surface area contributed by atoms with Crippen LogP contribution in [0.4, 0.5) is 0 Å². The molecule has 0 saturated heterocycles. The van der Waals surface area contributed by atoms with Crippen LogP contribution < -0.4 is 9.74 Å². The molecule has 0 spiro atoms. The van der Waals surface area contributed by atoms with Gasteiger partial charge in [-0.2, -0.15) is 17.9 Å². The van der Waals surface area contributed by atoms with E-state index in [0.717, 1.165) is 16.3 Å². The molecule has 0 N–H and O–H groups in total. The van der Waals surface area contributed by atoms with Crippen molar-refractivity contribution in [3.63, 3.8) is 0 Å². The highest BCUT2D eigenvalue weighted by Gasteiger charge is 2.16. The van der Waals surface area contributed by atoms with E-state index < -0.39 is 21.7 Å². The molecule has 0 atom stereocenters. The minimum absolute atomic E-state index is 0.161. The highest BCUT2D eigenvalue weighted by atomic mass is 35.5. The molecule has 3 aromatic heterocycles. The van der Waals surface area contributed by atoms with E-state index in [9.17, 15) is 13.2 Å². The molecule has 3 aromatic rings. The van der Waals surface area contributed by atoms with Crippen LogP contribution in [-0.4, -0.2) is 38.8 Å². The Balaban J connectivity index is 2.12. The predicted octanol–water partition coefficient (Wildman–Crippen LogP) is 0.635. The van der Waals surface area contributed by atoms with Gasteiger partial charge in [0.15, 0.2) is 0 Å². The van der Waals surface area contributed by atoms with E-state index in [1.165, 1.54) is 6.07 Å². The molecular weight excluding hydrogens is 358 g/mol. The summed E-state index contributed by atoms with van der Waals surface area (Å²) < 4.78 is 29.8. The molecule has 3 heterocycles. The minimum atomic E-state index is -3.80. The molecule has 11 heteroatoms. The van der Waals surface area contributed by atoms with Gasteiger partial charge in [0, 0.05) is 18.0 Å². The predicted molar refractivity (Wildman–Crippen MR) is 85.8 cm³/mol. The van der Waals surface area contributed by atoms with E-state index >= 15 is 0 Å². The Hall–Kier alpha value is -2.46. The average molecular weight is 370 g/mol. The van der Waals surface area contributed by atoms with Crippen molar-refractivity contribution in [1.82, 2.24) is 24.1 Å². The van der Waals surface area contributed by atoms with Gasteiger partial charge in [0.25, 0.3) is 5.56 Å². The number of hydrogen-bond donors (Lipinski definition) is 0. The third-order valence-corrected chi connectivity index (χ3v) is 3.81. The summed E-state index contributed by atoms with van der Waals surface area (Å²) in [5, 5.41) is 4.16. The van der Waals surface area contributed by atoms with E-state index in [0.29, 0.717) is 17.4 Å². The maximum atomic E-state index is 12.0. The van der Waals surface area contributed by atoms with Crippen LogP contribution in [0.3, 0.4) is 0 Å². The number of fused-ring (bicyclic) bond motifs is 1.